The van der Waals surface area contributed by atoms with Crippen molar-refractivity contribution in [3.63, 3.8) is 0 Å². The summed E-state index contributed by atoms with van der Waals surface area (Å²) in [5.74, 6) is 0. The number of hydrogen-bond donors (Lipinski definition) is 0. The van der Waals surface area contributed by atoms with Crippen LogP contribution in [0, 0.1) is 0 Å². The van der Waals surface area contributed by atoms with Crippen molar-refractivity contribution in [3.8, 4) is 55.6 Å². The first-order valence-corrected chi connectivity index (χ1v) is 22.7. The van der Waals surface area contributed by atoms with E-state index in [0.29, 0.717) is 0 Å². The first-order chi connectivity index (χ1) is 32.4. The third kappa shape index (κ3) is 6.19. The number of hydrogen-bond acceptors (Lipinski definition) is 3. The minimum Gasteiger partial charge on any atom is -0.456 e. The van der Waals surface area contributed by atoms with Gasteiger partial charge in [-0.15, -0.1) is 0 Å². The van der Waals surface area contributed by atoms with Crippen LogP contribution in [0.5, 0.6) is 0 Å². The van der Waals surface area contributed by atoms with Crippen molar-refractivity contribution in [2.75, 3.05) is 4.90 Å². The topological polar surface area (TPSA) is 29.5 Å². The molecule has 0 fully saturated rings. The molecular formula is C63H43NO2. The summed E-state index contributed by atoms with van der Waals surface area (Å²) in [5.41, 5.74) is 21.7. The first-order valence-electron chi connectivity index (χ1n) is 22.7. The lowest BCUT2D eigenvalue weighted by Gasteiger charge is -2.26. The maximum Gasteiger partial charge on any atom is 0.135 e. The molecule has 3 heteroatoms. The maximum absolute atomic E-state index is 6.15. The number of para-hydroxylation sites is 2. The summed E-state index contributed by atoms with van der Waals surface area (Å²) in [5, 5.41) is 4.52. The van der Waals surface area contributed by atoms with Gasteiger partial charge in [0.05, 0.1) is 0 Å². The van der Waals surface area contributed by atoms with E-state index in [1.807, 2.05) is 24.3 Å². The van der Waals surface area contributed by atoms with Crippen LogP contribution in [0.3, 0.4) is 0 Å². The van der Waals surface area contributed by atoms with Crippen LogP contribution in [0.25, 0.3) is 99.5 Å². The van der Waals surface area contributed by atoms with E-state index in [4.69, 9.17) is 8.83 Å². The van der Waals surface area contributed by atoms with Crippen LogP contribution in [0.2, 0.25) is 0 Å². The summed E-state index contributed by atoms with van der Waals surface area (Å²) in [4.78, 5) is 2.35. The van der Waals surface area contributed by atoms with Gasteiger partial charge in [0, 0.05) is 44.0 Å². The van der Waals surface area contributed by atoms with Crippen LogP contribution in [0.15, 0.2) is 233 Å². The van der Waals surface area contributed by atoms with Crippen molar-refractivity contribution < 1.29 is 8.83 Å². The van der Waals surface area contributed by atoms with Gasteiger partial charge in [-0.05, 0) is 152 Å². The van der Waals surface area contributed by atoms with E-state index in [1.165, 1.54) is 44.5 Å². The molecule has 0 saturated carbocycles. The van der Waals surface area contributed by atoms with Crippen LogP contribution >= 0.6 is 0 Å². The summed E-state index contributed by atoms with van der Waals surface area (Å²) in [6.45, 7) is 4.71. The molecule has 3 nitrogen and oxygen atoms in total. The predicted molar refractivity (Wildman–Crippen MR) is 275 cm³/mol. The molecule has 13 rings (SSSR count). The van der Waals surface area contributed by atoms with Gasteiger partial charge in [-0.1, -0.05) is 153 Å². The highest BCUT2D eigenvalue weighted by Gasteiger charge is 2.35. The predicted octanol–water partition coefficient (Wildman–Crippen LogP) is 17.9. The lowest BCUT2D eigenvalue weighted by atomic mass is 9.81. The van der Waals surface area contributed by atoms with Crippen molar-refractivity contribution in [1.82, 2.24) is 0 Å². The average Bonchev–Trinajstić information content (AvgIpc) is 4.01. The van der Waals surface area contributed by atoms with Gasteiger partial charge in [0.25, 0.3) is 0 Å². The van der Waals surface area contributed by atoms with Crippen LogP contribution in [0.4, 0.5) is 17.1 Å². The molecule has 0 aliphatic heterocycles. The van der Waals surface area contributed by atoms with Gasteiger partial charge in [-0.2, -0.15) is 0 Å². The molecule has 10 aromatic carbocycles. The zero-order chi connectivity index (χ0) is 43.9. The van der Waals surface area contributed by atoms with E-state index in [-0.39, 0.29) is 5.41 Å². The fourth-order valence-electron chi connectivity index (χ4n) is 10.4. The molecule has 0 radical (unpaired) electrons. The highest BCUT2D eigenvalue weighted by molar-refractivity contribution is 6.07. The number of nitrogens with zero attached hydrogens (tertiary/aromatic N) is 1. The molecule has 0 saturated heterocycles. The van der Waals surface area contributed by atoms with E-state index < -0.39 is 0 Å². The lowest BCUT2D eigenvalue weighted by Crippen LogP contribution is -2.15. The van der Waals surface area contributed by atoms with Crippen LogP contribution < -0.4 is 4.90 Å². The average molecular weight is 846 g/mol. The van der Waals surface area contributed by atoms with E-state index in [2.05, 4.69) is 219 Å². The molecule has 0 bridgehead atoms. The van der Waals surface area contributed by atoms with Gasteiger partial charge in [0.15, 0.2) is 0 Å². The Morgan fingerprint density at radius 3 is 1.21 bits per heavy atom. The largest absolute Gasteiger partial charge is 0.456 e. The zero-order valence-corrected chi connectivity index (χ0v) is 36.6. The standard InChI is InChI=1S/C63H43NO2/c1-63(2)57-33-23-44(36-54(57)51-32-22-47(39-58(51)63)40-10-4-3-5-11-40)41-16-26-48(27-17-41)64(49-28-18-42(19-29-49)45-24-34-61-55(37-45)52-12-6-8-14-59(52)65-61)50-30-20-43(21-31-50)46-25-35-62-56(38-46)53-13-7-9-15-60(53)66-62/h3-39H,1-2H3. The second kappa shape index (κ2) is 14.8. The molecule has 312 valence electrons. The molecule has 66 heavy (non-hydrogen) atoms. The third-order valence-electron chi connectivity index (χ3n) is 13.9. The van der Waals surface area contributed by atoms with Crippen molar-refractivity contribution in [1.29, 1.82) is 0 Å². The third-order valence-corrected chi connectivity index (χ3v) is 13.9. The van der Waals surface area contributed by atoms with Gasteiger partial charge < -0.3 is 13.7 Å². The summed E-state index contributed by atoms with van der Waals surface area (Å²) >= 11 is 0. The highest BCUT2D eigenvalue weighted by Crippen LogP contribution is 2.51. The lowest BCUT2D eigenvalue weighted by molar-refractivity contribution is 0.660. The van der Waals surface area contributed by atoms with E-state index in [1.54, 1.807) is 0 Å². The molecule has 12 aromatic rings. The van der Waals surface area contributed by atoms with Gasteiger partial charge in [0.1, 0.15) is 22.3 Å². The fourth-order valence-corrected chi connectivity index (χ4v) is 10.4. The van der Waals surface area contributed by atoms with Gasteiger partial charge in [-0.25, -0.2) is 0 Å². The Labute approximate surface area is 383 Å². The highest BCUT2D eigenvalue weighted by atomic mass is 16.3. The Hall–Kier alpha value is -8.40. The Bertz CT molecular complexity index is 3660. The minimum atomic E-state index is -0.0931. The van der Waals surface area contributed by atoms with Crippen molar-refractivity contribution in [2.45, 2.75) is 19.3 Å². The van der Waals surface area contributed by atoms with Crippen LogP contribution in [-0.2, 0) is 5.41 Å². The van der Waals surface area contributed by atoms with E-state index in [0.717, 1.165) is 83.2 Å². The molecule has 0 atom stereocenters. The number of furan rings is 2. The van der Waals surface area contributed by atoms with Crippen molar-refractivity contribution in [3.05, 3.63) is 236 Å². The Kier molecular flexibility index (Phi) is 8.56. The van der Waals surface area contributed by atoms with Crippen LogP contribution in [0.1, 0.15) is 25.0 Å². The quantitative estimate of drug-likeness (QED) is 0.160. The van der Waals surface area contributed by atoms with Gasteiger partial charge >= 0.3 is 0 Å². The van der Waals surface area contributed by atoms with Gasteiger partial charge in [0.2, 0.25) is 0 Å². The number of fused-ring (bicyclic) bond motifs is 9. The van der Waals surface area contributed by atoms with Crippen LogP contribution in [-0.4, -0.2) is 0 Å². The molecule has 1 aliphatic carbocycles. The molecular weight excluding hydrogens is 803 g/mol. The Balaban J connectivity index is 0.860. The fraction of sp³-hybridized carbons (Fsp3) is 0.0476. The molecule has 0 amide bonds. The summed E-state index contributed by atoms with van der Waals surface area (Å²) in [6, 6.07) is 81.1. The number of benzene rings is 10. The second-order valence-corrected chi connectivity index (χ2v) is 18.1. The number of anilines is 3. The normalized spacial score (nSPS) is 12.8. The monoisotopic (exact) mass is 845 g/mol. The summed E-state index contributed by atoms with van der Waals surface area (Å²) in [7, 11) is 0. The zero-order valence-electron chi connectivity index (χ0n) is 36.6. The molecule has 1 aliphatic rings. The van der Waals surface area contributed by atoms with E-state index >= 15 is 0 Å². The van der Waals surface area contributed by atoms with Crippen molar-refractivity contribution in [2.24, 2.45) is 0 Å². The van der Waals surface area contributed by atoms with Crippen molar-refractivity contribution >= 4 is 60.9 Å². The number of rotatable bonds is 7. The SMILES string of the molecule is CC1(C)c2ccc(-c3ccc(N(c4ccc(-c5ccc6oc7ccccc7c6c5)cc4)c4ccc(-c5ccc6oc7ccccc7c6c5)cc4)cc3)cc2-c2ccc(-c3ccccc3)cc21. The van der Waals surface area contributed by atoms with Gasteiger partial charge in [-0.3, -0.25) is 0 Å². The minimum absolute atomic E-state index is 0.0931. The maximum atomic E-state index is 6.15. The Morgan fingerprint density at radius 1 is 0.288 bits per heavy atom. The molecule has 0 spiro atoms. The molecule has 0 N–H and O–H groups in total. The molecule has 0 unspecified atom stereocenters. The molecule has 2 heterocycles. The molecule has 2 aromatic heterocycles. The summed E-state index contributed by atoms with van der Waals surface area (Å²) < 4.78 is 12.3. The second-order valence-electron chi connectivity index (χ2n) is 18.1. The Morgan fingerprint density at radius 2 is 0.682 bits per heavy atom. The first kappa shape index (κ1) is 38.1. The summed E-state index contributed by atoms with van der Waals surface area (Å²) in [6.07, 6.45) is 0. The smallest absolute Gasteiger partial charge is 0.135 e. The van der Waals surface area contributed by atoms with E-state index in [9.17, 15) is 0 Å².